The van der Waals surface area contributed by atoms with Gasteiger partial charge in [0.1, 0.15) is 9.53 Å². The van der Waals surface area contributed by atoms with Gasteiger partial charge in [-0.05, 0) is 32.1 Å². The summed E-state index contributed by atoms with van der Waals surface area (Å²) >= 11 is 4.38. The molecule has 0 amide bonds. The first kappa shape index (κ1) is 15.3. The Morgan fingerprint density at radius 2 is 2.20 bits per heavy atom. The van der Waals surface area contributed by atoms with Crippen LogP contribution in [0.1, 0.15) is 26.2 Å². The van der Waals surface area contributed by atoms with Crippen molar-refractivity contribution < 1.29 is 19.1 Å². The van der Waals surface area contributed by atoms with Crippen LogP contribution >= 0.6 is 45.2 Å². The summed E-state index contributed by atoms with van der Waals surface area (Å²) in [5.41, 5.74) is 0. The van der Waals surface area contributed by atoms with Crippen molar-refractivity contribution in [1.29, 1.82) is 0 Å². The number of esters is 2. The molecule has 112 valence electrons. The molecule has 0 aromatic rings. The average Bonchev–Trinajstić information content (AvgIpc) is 2.83. The van der Waals surface area contributed by atoms with E-state index in [1.54, 1.807) is 0 Å². The molecule has 3 saturated carbocycles. The molecular weight excluding hydrogens is 486 g/mol. The first-order valence-corrected chi connectivity index (χ1v) is 9.67. The van der Waals surface area contributed by atoms with Crippen molar-refractivity contribution in [3.05, 3.63) is 0 Å². The van der Waals surface area contributed by atoms with Gasteiger partial charge in [0.2, 0.25) is 0 Å². The summed E-state index contributed by atoms with van der Waals surface area (Å²) in [6.45, 7) is 2.43. The van der Waals surface area contributed by atoms with E-state index in [4.69, 9.17) is 9.47 Å². The molecule has 0 aromatic heterocycles. The monoisotopic (exact) mass is 504 g/mol. The van der Waals surface area contributed by atoms with Crippen LogP contribution in [0.3, 0.4) is 0 Å². The number of cyclic esters (lactones) is 1. The maximum Gasteiger partial charge on any atom is 0.322 e. The molecule has 6 atom stereocenters. The van der Waals surface area contributed by atoms with Crippen molar-refractivity contribution in [3.63, 3.8) is 0 Å². The minimum Gasteiger partial charge on any atom is -0.465 e. The Balaban J connectivity index is 1.72. The zero-order chi connectivity index (χ0) is 14.5. The standard InChI is InChI=1S/C14H18I2O4/c1-14(16,6-15)13(18)20-10-4-7-2-3-8(10)9-5-19-12(17)11(7)9/h7-11H,2-6H2,1H3. The minimum absolute atomic E-state index is 0.0194. The zero-order valence-corrected chi connectivity index (χ0v) is 15.6. The molecule has 4 fully saturated rings. The number of rotatable bonds is 3. The number of fused-ring (bicyclic) bond motifs is 2. The van der Waals surface area contributed by atoms with E-state index >= 15 is 0 Å². The lowest BCUT2D eigenvalue weighted by Crippen LogP contribution is -2.51. The third-order valence-electron chi connectivity index (χ3n) is 5.03. The number of halogens is 2. The molecule has 1 aliphatic heterocycles. The fourth-order valence-electron chi connectivity index (χ4n) is 3.93. The molecule has 1 saturated heterocycles. The van der Waals surface area contributed by atoms with Gasteiger partial charge in [-0.2, -0.15) is 0 Å². The number of carbonyl (C=O) groups excluding carboxylic acids is 2. The molecule has 2 bridgehead atoms. The normalized spacial score (nSPS) is 41.8. The molecule has 0 aromatic carbocycles. The molecule has 1 heterocycles. The number of ether oxygens (including phenoxy) is 2. The molecule has 6 unspecified atom stereocenters. The Morgan fingerprint density at radius 1 is 1.45 bits per heavy atom. The smallest absolute Gasteiger partial charge is 0.322 e. The molecule has 4 aliphatic rings. The molecular formula is C14H18I2O4. The largest absolute Gasteiger partial charge is 0.465 e. The van der Waals surface area contributed by atoms with E-state index in [-0.39, 0.29) is 29.9 Å². The Labute approximate surface area is 146 Å². The maximum atomic E-state index is 12.3. The van der Waals surface area contributed by atoms with Crippen LogP contribution < -0.4 is 0 Å². The summed E-state index contributed by atoms with van der Waals surface area (Å²) in [7, 11) is 0. The third kappa shape index (κ3) is 2.48. The predicted molar refractivity (Wildman–Crippen MR) is 90.0 cm³/mol. The Kier molecular flexibility index (Phi) is 4.25. The van der Waals surface area contributed by atoms with E-state index in [0.717, 1.165) is 23.7 Å². The fraction of sp³-hybridized carbons (Fsp3) is 0.857. The summed E-state index contributed by atoms with van der Waals surface area (Å²) in [5.74, 6) is 0.846. The molecule has 0 spiro atoms. The van der Waals surface area contributed by atoms with Gasteiger partial charge in [-0.1, -0.05) is 45.2 Å². The van der Waals surface area contributed by atoms with Crippen LogP contribution in [0.4, 0.5) is 0 Å². The lowest BCUT2D eigenvalue weighted by atomic mass is 9.58. The summed E-state index contributed by atoms with van der Waals surface area (Å²) in [4.78, 5) is 24.1. The van der Waals surface area contributed by atoms with Crippen molar-refractivity contribution in [1.82, 2.24) is 0 Å². The minimum atomic E-state index is -0.462. The highest BCUT2D eigenvalue weighted by Gasteiger charge is 2.56. The van der Waals surface area contributed by atoms with Crippen LogP contribution in [0.2, 0.25) is 0 Å². The molecule has 6 heteroatoms. The number of alkyl halides is 2. The van der Waals surface area contributed by atoms with Gasteiger partial charge in [-0.3, -0.25) is 9.59 Å². The van der Waals surface area contributed by atoms with Gasteiger partial charge in [0, 0.05) is 16.3 Å². The van der Waals surface area contributed by atoms with Crippen LogP contribution in [0, 0.1) is 23.7 Å². The highest BCUT2D eigenvalue weighted by atomic mass is 127. The Hall–Kier alpha value is 0.400. The van der Waals surface area contributed by atoms with Crippen LogP contribution in [0.25, 0.3) is 0 Å². The van der Waals surface area contributed by atoms with Gasteiger partial charge in [-0.15, -0.1) is 0 Å². The van der Waals surface area contributed by atoms with Crippen molar-refractivity contribution in [2.24, 2.45) is 23.7 Å². The first-order valence-electron chi connectivity index (χ1n) is 7.06. The average molecular weight is 504 g/mol. The quantitative estimate of drug-likeness (QED) is 0.337. The third-order valence-corrected chi connectivity index (χ3v) is 8.83. The highest BCUT2D eigenvalue weighted by molar-refractivity contribution is 14.1. The Bertz CT molecular complexity index is 437. The van der Waals surface area contributed by atoms with Gasteiger partial charge in [-0.25, -0.2) is 0 Å². The van der Waals surface area contributed by atoms with Crippen LogP contribution in [0.5, 0.6) is 0 Å². The van der Waals surface area contributed by atoms with E-state index in [9.17, 15) is 9.59 Å². The highest BCUT2D eigenvalue weighted by Crippen LogP contribution is 2.53. The molecule has 0 radical (unpaired) electrons. The number of carbonyl (C=O) groups is 2. The predicted octanol–water partition coefficient (Wildman–Crippen LogP) is 2.75. The number of hydrogen-bond donors (Lipinski definition) is 0. The molecule has 20 heavy (non-hydrogen) atoms. The lowest BCUT2D eigenvalue weighted by molar-refractivity contribution is -0.165. The summed E-state index contributed by atoms with van der Waals surface area (Å²) < 4.78 is 11.3. The molecule has 4 nitrogen and oxygen atoms in total. The van der Waals surface area contributed by atoms with Crippen molar-refractivity contribution >= 4 is 57.1 Å². The van der Waals surface area contributed by atoms with E-state index < -0.39 is 3.42 Å². The lowest BCUT2D eigenvalue weighted by Gasteiger charge is -2.47. The second-order valence-corrected chi connectivity index (χ2v) is 9.48. The second kappa shape index (κ2) is 5.55. The van der Waals surface area contributed by atoms with Crippen LogP contribution in [-0.2, 0) is 19.1 Å². The summed E-state index contributed by atoms with van der Waals surface area (Å²) in [5, 5.41) is 0. The van der Waals surface area contributed by atoms with Crippen LogP contribution in [0.15, 0.2) is 0 Å². The van der Waals surface area contributed by atoms with Gasteiger partial charge >= 0.3 is 11.9 Å². The summed E-state index contributed by atoms with van der Waals surface area (Å²) in [6.07, 6.45) is 2.94. The SMILES string of the molecule is CC(I)(CI)C(=O)OC1CC2CCC1C1COC(=O)C21. The van der Waals surface area contributed by atoms with Crippen molar-refractivity contribution in [2.45, 2.75) is 35.7 Å². The van der Waals surface area contributed by atoms with Gasteiger partial charge < -0.3 is 9.47 Å². The van der Waals surface area contributed by atoms with E-state index in [2.05, 4.69) is 45.2 Å². The molecule has 3 aliphatic carbocycles. The summed E-state index contributed by atoms with van der Waals surface area (Å²) in [6, 6.07) is 0. The second-order valence-electron chi connectivity index (χ2n) is 6.33. The molecule has 4 rings (SSSR count). The van der Waals surface area contributed by atoms with Gasteiger partial charge in [0.05, 0.1) is 12.5 Å². The van der Waals surface area contributed by atoms with Crippen LogP contribution in [-0.4, -0.2) is 32.5 Å². The number of hydrogen-bond acceptors (Lipinski definition) is 4. The van der Waals surface area contributed by atoms with Gasteiger partial charge in [0.25, 0.3) is 0 Å². The Morgan fingerprint density at radius 3 is 2.90 bits per heavy atom. The first-order chi connectivity index (χ1) is 9.44. The van der Waals surface area contributed by atoms with Crippen molar-refractivity contribution in [2.75, 3.05) is 11.0 Å². The van der Waals surface area contributed by atoms with E-state index in [0.29, 0.717) is 18.4 Å². The fourth-order valence-corrected chi connectivity index (χ4v) is 4.37. The topological polar surface area (TPSA) is 52.6 Å². The molecule has 0 N–H and O–H groups in total. The van der Waals surface area contributed by atoms with E-state index in [1.165, 1.54) is 0 Å². The van der Waals surface area contributed by atoms with E-state index in [1.807, 2.05) is 6.92 Å². The zero-order valence-electron chi connectivity index (χ0n) is 11.3. The maximum absolute atomic E-state index is 12.3. The van der Waals surface area contributed by atoms with Crippen molar-refractivity contribution in [3.8, 4) is 0 Å². The van der Waals surface area contributed by atoms with Gasteiger partial charge in [0.15, 0.2) is 0 Å².